The van der Waals surface area contributed by atoms with Gasteiger partial charge in [0.2, 0.25) is 5.91 Å². The van der Waals surface area contributed by atoms with Gasteiger partial charge >= 0.3 is 5.69 Å². The number of aromatic nitrogens is 3. The second-order valence-corrected chi connectivity index (χ2v) is 6.75. The van der Waals surface area contributed by atoms with Gasteiger partial charge in [0.05, 0.1) is 10.6 Å². The summed E-state index contributed by atoms with van der Waals surface area (Å²) in [5.74, 6) is 0.207. The summed E-state index contributed by atoms with van der Waals surface area (Å²) in [6.45, 7) is 1.90. The molecular weight excluding hydrogens is 358 g/mol. The van der Waals surface area contributed by atoms with Gasteiger partial charge in [-0.1, -0.05) is 11.6 Å². The van der Waals surface area contributed by atoms with Crippen molar-refractivity contribution in [2.45, 2.75) is 38.8 Å². The van der Waals surface area contributed by atoms with Crippen molar-refractivity contribution in [3.63, 3.8) is 0 Å². The molecular formula is C17H20ClN5O3. The molecule has 0 radical (unpaired) electrons. The molecule has 0 aliphatic carbocycles. The van der Waals surface area contributed by atoms with Gasteiger partial charge < -0.3 is 10.6 Å². The van der Waals surface area contributed by atoms with Crippen LogP contribution in [0.2, 0.25) is 5.02 Å². The molecule has 1 unspecified atom stereocenters. The maximum Gasteiger partial charge on any atom is 0.345 e. The Morgan fingerprint density at radius 3 is 2.81 bits per heavy atom. The minimum absolute atomic E-state index is 0.0885. The Bertz CT molecular complexity index is 918. The predicted octanol–water partition coefficient (Wildman–Crippen LogP) is 1.33. The van der Waals surface area contributed by atoms with Crippen LogP contribution < -0.4 is 16.3 Å². The number of rotatable bonds is 3. The van der Waals surface area contributed by atoms with E-state index in [1.807, 2.05) is 0 Å². The van der Waals surface area contributed by atoms with E-state index in [9.17, 15) is 14.4 Å². The third-order valence-electron chi connectivity index (χ3n) is 4.37. The summed E-state index contributed by atoms with van der Waals surface area (Å²) in [7, 11) is 1.63. The van der Waals surface area contributed by atoms with Gasteiger partial charge in [-0.3, -0.25) is 14.2 Å². The molecule has 9 heteroatoms. The Labute approximate surface area is 155 Å². The fourth-order valence-electron chi connectivity index (χ4n) is 3.09. The van der Waals surface area contributed by atoms with Gasteiger partial charge in [0.1, 0.15) is 5.82 Å². The highest BCUT2D eigenvalue weighted by Crippen LogP contribution is 2.21. The smallest absolute Gasteiger partial charge is 0.345 e. The lowest BCUT2D eigenvalue weighted by Crippen LogP contribution is -2.36. The number of carbonyl (C=O) groups excluding carboxylic acids is 2. The molecule has 0 saturated heterocycles. The number of fused-ring (bicyclic) bond motifs is 1. The first-order valence-electron chi connectivity index (χ1n) is 8.36. The van der Waals surface area contributed by atoms with Crippen LogP contribution in [0.25, 0.3) is 0 Å². The molecule has 0 bridgehead atoms. The summed E-state index contributed by atoms with van der Waals surface area (Å²) in [4.78, 5) is 35.8. The third kappa shape index (κ3) is 3.80. The average molecular weight is 378 g/mol. The lowest BCUT2D eigenvalue weighted by atomic mass is 10.1. The number of anilines is 1. The van der Waals surface area contributed by atoms with E-state index in [0.29, 0.717) is 42.1 Å². The number of benzene rings is 1. The summed E-state index contributed by atoms with van der Waals surface area (Å²) in [5.41, 5.74) is 0.672. The second kappa shape index (κ2) is 7.33. The highest BCUT2D eigenvalue weighted by Gasteiger charge is 2.22. The van der Waals surface area contributed by atoms with E-state index < -0.39 is 0 Å². The number of nitrogens with zero attached hydrogens (tertiary/aromatic N) is 3. The zero-order valence-corrected chi connectivity index (χ0v) is 15.3. The molecule has 1 atom stereocenters. The Balaban J connectivity index is 1.71. The molecule has 0 saturated carbocycles. The first kappa shape index (κ1) is 18.2. The van der Waals surface area contributed by atoms with Crippen molar-refractivity contribution in [3.8, 4) is 0 Å². The number of carbonyl (C=O) groups is 2. The van der Waals surface area contributed by atoms with Crippen molar-refractivity contribution in [3.05, 3.63) is 45.1 Å². The molecule has 1 aliphatic rings. The lowest BCUT2D eigenvalue weighted by Gasteiger charge is -2.17. The molecule has 0 fully saturated rings. The van der Waals surface area contributed by atoms with Crippen molar-refractivity contribution < 1.29 is 9.59 Å². The van der Waals surface area contributed by atoms with Gasteiger partial charge in [-0.15, -0.1) is 0 Å². The normalized spacial score (nSPS) is 16.5. The maximum absolute atomic E-state index is 12.6. The average Bonchev–Trinajstić information content (AvgIpc) is 2.73. The SMILES string of the molecule is CC(=O)Nc1ccc(Cl)c(C(=O)NC2CCc3nn(C)c(=O)n3CC2)c1. The van der Waals surface area contributed by atoms with Crippen molar-refractivity contribution in [1.29, 1.82) is 0 Å². The van der Waals surface area contributed by atoms with Gasteiger partial charge in [-0.2, -0.15) is 5.10 Å². The molecule has 0 spiro atoms. The van der Waals surface area contributed by atoms with Crippen molar-refractivity contribution in [1.82, 2.24) is 19.7 Å². The zero-order chi connectivity index (χ0) is 18.8. The number of hydrogen-bond acceptors (Lipinski definition) is 4. The van der Waals surface area contributed by atoms with E-state index in [2.05, 4.69) is 15.7 Å². The molecule has 1 aromatic heterocycles. The fourth-order valence-corrected chi connectivity index (χ4v) is 3.29. The first-order chi connectivity index (χ1) is 12.3. The van der Waals surface area contributed by atoms with Crippen LogP contribution in [-0.2, 0) is 24.8 Å². The van der Waals surface area contributed by atoms with Gasteiger partial charge in [-0.05, 0) is 31.0 Å². The van der Waals surface area contributed by atoms with Crippen molar-refractivity contribution in [2.24, 2.45) is 7.05 Å². The molecule has 2 amide bonds. The largest absolute Gasteiger partial charge is 0.349 e. The molecule has 2 heterocycles. The molecule has 8 nitrogen and oxygen atoms in total. The molecule has 1 aromatic carbocycles. The van der Waals surface area contributed by atoms with Crippen molar-refractivity contribution >= 4 is 29.1 Å². The third-order valence-corrected chi connectivity index (χ3v) is 4.70. The molecule has 3 rings (SSSR count). The Morgan fingerprint density at radius 1 is 1.31 bits per heavy atom. The predicted molar refractivity (Wildman–Crippen MR) is 97.4 cm³/mol. The van der Waals surface area contributed by atoms with Crippen LogP contribution in [0, 0.1) is 0 Å². The van der Waals surface area contributed by atoms with Gasteiger partial charge in [0, 0.05) is 38.7 Å². The Morgan fingerprint density at radius 2 is 2.08 bits per heavy atom. The van der Waals surface area contributed by atoms with E-state index in [1.54, 1.807) is 29.8 Å². The highest BCUT2D eigenvalue weighted by atomic mass is 35.5. The van der Waals surface area contributed by atoms with Crippen LogP contribution in [0.4, 0.5) is 5.69 Å². The summed E-state index contributed by atoms with van der Waals surface area (Å²) in [5, 5.41) is 10.1. The van der Waals surface area contributed by atoms with Gasteiger partial charge in [0.15, 0.2) is 0 Å². The van der Waals surface area contributed by atoms with E-state index in [1.165, 1.54) is 11.6 Å². The molecule has 2 N–H and O–H groups in total. The molecule has 1 aliphatic heterocycles. The van der Waals surface area contributed by atoms with E-state index in [4.69, 9.17) is 11.6 Å². The number of halogens is 1. The van der Waals surface area contributed by atoms with Crippen LogP contribution in [0.5, 0.6) is 0 Å². The standard InChI is InChI=1S/C17H20ClN5O3/c1-10(24)19-12-3-5-14(18)13(9-12)16(25)20-11-4-6-15-21-22(2)17(26)23(15)8-7-11/h3,5,9,11H,4,6-8H2,1-2H3,(H,19,24)(H,20,25). The first-order valence-corrected chi connectivity index (χ1v) is 8.73. The summed E-state index contributed by atoms with van der Waals surface area (Å²) >= 11 is 6.14. The van der Waals surface area contributed by atoms with E-state index in [-0.39, 0.29) is 23.5 Å². The van der Waals surface area contributed by atoms with Crippen LogP contribution in [-0.4, -0.2) is 32.2 Å². The minimum Gasteiger partial charge on any atom is -0.349 e. The van der Waals surface area contributed by atoms with Gasteiger partial charge in [-0.25, -0.2) is 9.48 Å². The zero-order valence-electron chi connectivity index (χ0n) is 14.6. The number of amides is 2. The van der Waals surface area contributed by atoms with Crippen LogP contribution in [0.1, 0.15) is 35.9 Å². The van der Waals surface area contributed by atoms with E-state index >= 15 is 0 Å². The summed E-state index contributed by atoms with van der Waals surface area (Å²) in [6.07, 6.45) is 1.93. The summed E-state index contributed by atoms with van der Waals surface area (Å²) < 4.78 is 2.98. The molecule has 138 valence electrons. The van der Waals surface area contributed by atoms with E-state index in [0.717, 1.165) is 5.82 Å². The molecule has 2 aromatic rings. The quantitative estimate of drug-likeness (QED) is 0.843. The van der Waals surface area contributed by atoms with Crippen LogP contribution >= 0.6 is 11.6 Å². The lowest BCUT2D eigenvalue weighted by molar-refractivity contribution is -0.114. The fraction of sp³-hybridized carbons (Fsp3) is 0.412. The summed E-state index contributed by atoms with van der Waals surface area (Å²) in [6, 6.07) is 4.68. The monoisotopic (exact) mass is 377 g/mol. The van der Waals surface area contributed by atoms with Crippen LogP contribution in [0.15, 0.2) is 23.0 Å². The number of hydrogen-bond donors (Lipinski definition) is 2. The minimum atomic E-state index is -0.306. The topological polar surface area (TPSA) is 98.0 Å². The number of nitrogens with one attached hydrogen (secondary N) is 2. The molecule has 26 heavy (non-hydrogen) atoms. The number of aryl methyl sites for hydroxylation is 2. The second-order valence-electron chi connectivity index (χ2n) is 6.35. The maximum atomic E-state index is 12.6. The van der Waals surface area contributed by atoms with Crippen LogP contribution in [0.3, 0.4) is 0 Å². The Hall–Kier alpha value is -2.61. The Kier molecular flexibility index (Phi) is 5.13. The van der Waals surface area contributed by atoms with Crippen molar-refractivity contribution in [2.75, 3.05) is 5.32 Å². The highest BCUT2D eigenvalue weighted by molar-refractivity contribution is 6.34. The van der Waals surface area contributed by atoms with Gasteiger partial charge in [0.25, 0.3) is 5.91 Å².